The molecule has 0 heterocycles. The Bertz CT molecular complexity index is 597. The lowest BCUT2D eigenvalue weighted by Gasteiger charge is -1.96. The lowest BCUT2D eigenvalue weighted by molar-refractivity contribution is 1.55. The summed E-state index contributed by atoms with van der Waals surface area (Å²) in [6.07, 6.45) is 0. The molecule has 0 radical (unpaired) electrons. The quantitative estimate of drug-likeness (QED) is 0.701. The predicted octanol–water partition coefficient (Wildman–Crippen LogP) is 4.10. The van der Waals surface area contributed by atoms with Gasteiger partial charge in [-0.3, -0.25) is 0 Å². The molecule has 0 saturated carbocycles. The monoisotopic (exact) mass is 257 g/mol. The van der Waals surface area contributed by atoms with Gasteiger partial charge in [-0.15, -0.1) is 0 Å². The highest BCUT2D eigenvalue weighted by Crippen LogP contribution is 2.21. The van der Waals surface area contributed by atoms with Crippen molar-refractivity contribution in [2.24, 2.45) is 4.36 Å². The van der Waals surface area contributed by atoms with E-state index in [-0.39, 0.29) is 0 Å². The van der Waals surface area contributed by atoms with E-state index in [0.717, 1.165) is 11.1 Å². The maximum absolute atomic E-state index is 6.07. The summed E-state index contributed by atoms with van der Waals surface area (Å²) in [5.74, 6) is 6.07. The molecule has 0 N–H and O–H groups in total. The highest BCUT2D eigenvalue weighted by Gasteiger charge is 1.98. The second kappa shape index (κ2) is 5.58. The first kappa shape index (κ1) is 11.8. The Hall–Kier alpha value is -1.69. The van der Waals surface area contributed by atoms with E-state index < -0.39 is 0 Å². The van der Waals surface area contributed by atoms with Gasteiger partial charge in [0.05, 0.1) is 10.7 Å². The van der Waals surface area contributed by atoms with Gasteiger partial charge in [0.25, 0.3) is 0 Å². The van der Waals surface area contributed by atoms with Crippen LogP contribution in [0, 0.1) is 11.8 Å². The van der Waals surface area contributed by atoms with Crippen molar-refractivity contribution in [2.75, 3.05) is 0 Å². The maximum atomic E-state index is 6.07. The zero-order valence-electron chi connectivity index (χ0n) is 8.85. The minimum atomic E-state index is 0.569. The van der Waals surface area contributed by atoms with Gasteiger partial charge in [-0.1, -0.05) is 41.6 Å². The lowest BCUT2D eigenvalue weighted by atomic mass is 10.2. The van der Waals surface area contributed by atoms with E-state index in [9.17, 15) is 0 Å². The summed E-state index contributed by atoms with van der Waals surface area (Å²) in [5, 5.41) is 0.569. The zero-order valence-corrected chi connectivity index (χ0v) is 10.4. The predicted molar refractivity (Wildman–Crippen MR) is 73.3 cm³/mol. The summed E-state index contributed by atoms with van der Waals surface area (Å²) in [6, 6.07) is 15.1. The molecule has 0 bridgehead atoms. The molecule has 0 spiro atoms. The van der Waals surface area contributed by atoms with Gasteiger partial charge in [0.15, 0.2) is 0 Å². The summed E-state index contributed by atoms with van der Waals surface area (Å²) in [6.45, 7) is 0. The lowest BCUT2D eigenvalue weighted by Crippen LogP contribution is -1.77. The minimum absolute atomic E-state index is 0.569. The van der Waals surface area contributed by atoms with Crippen LogP contribution in [0.25, 0.3) is 0 Å². The van der Waals surface area contributed by atoms with Crippen molar-refractivity contribution in [2.45, 2.75) is 0 Å². The van der Waals surface area contributed by atoms with Gasteiger partial charge < -0.3 is 0 Å². The van der Waals surface area contributed by atoms with Crippen LogP contribution in [0.4, 0.5) is 5.69 Å². The number of halogens is 1. The highest BCUT2D eigenvalue weighted by molar-refractivity contribution is 7.47. The van der Waals surface area contributed by atoms with Crippen molar-refractivity contribution in [3.63, 3.8) is 0 Å². The second-order valence-corrected chi connectivity index (χ2v) is 3.96. The Morgan fingerprint density at radius 1 is 1.00 bits per heavy atom. The number of nitrogens with zero attached hydrogens (tertiary/aromatic N) is 1. The Labute approximate surface area is 111 Å². The van der Waals surface area contributed by atoms with Crippen molar-refractivity contribution in [3.8, 4) is 11.8 Å². The van der Waals surface area contributed by atoms with Crippen molar-refractivity contribution >= 4 is 29.7 Å². The summed E-state index contributed by atoms with van der Waals surface area (Å²) in [4.78, 5) is 0. The van der Waals surface area contributed by atoms with Gasteiger partial charge in [0.2, 0.25) is 0 Å². The van der Waals surface area contributed by atoms with Gasteiger partial charge >= 0.3 is 0 Å². The van der Waals surface area contributed by atoms with Crippen molar-refractivity contribution < 1.29 is 0 Å². The molecule has 82 valence electrons. The third kappa shape index (κ3) is 3.13. The fourth-order valence-corrected chi connectivity index (χ4v) is 1.66. The molecule has 0 atom stereocenters. The molecule has 2 aromatic carbocycles. The normalized spacial score (nSPS) is 9.24. The van der Waals surface area contributed by atoms with Crippen molar-refractivity contribution in [1.29, 1.82) is 0 Å². The SMILES string of the molecule is S=Nc1ccc(C#Cc2ccccc2)c(Cl)c1. The van der Waals surface area contributed by atoms with Crippen LogP contribution in [-0.4, -0.2) is 0 Å². The van der Waals surface area contributed by atoms with Crippen LogP contribution >= 0.6 is 11.6 Å². The topological polar surface area (TPSA) is 12.4 Å². The summed E-state index contributed by atoms with van der Waals surface area (Å²) in [7, 11) is 0. The molecule has 3 heteroatoms. The standard InChI is InChI=1S/C14H8ClNS/c15-14-10-13(16-17)9-8-12(14)7-6-11-4-2-1-3-5-11/h1-5,8-10H. The third-order valence-corrected chi connectivity index (χ3v) is 2.70. The zero-order chi connectivity index (χ0) is 12.1. The molecule has 0 unspecified atom stereocenters. The molecule has 0 aromatic heterocycles. The molecule has 2 rings (SSSR count). The summed E-state index contributed by atoms with van der Waals surface area (Å²) >= 11 is 10.7. The molecule has 1 nitrogen and oxygen atoms in total. The number of benzene rings is 2. The number of hydrogen-bond donors (Lipinski definition) is 0. The van der Waals surface area contributed by atoms with Gasteiger partial charge in [0.1, 0.15) is 0 Å². The van der Waals surface area contributed by atoms with Crippen LogP contribution in [0.2, 0.25) is 5.02 Å². The summed E-state index contributed by atoms with van der Waals surface area (Å²) in [5.41, 5.74) is 2.41. The second-order valence-electron chi connectivity index (χ2n) is 3.37. The van der Waals surface area contributed by atoms with Crippen LogP contribution in [0.5, 0.6) is 0 Å². The smallest absolute Gasteiger partial charge is 0.0785 e. The van der Waals surface area contributed by atoms with E-state index in [1.807, 2.05) is 36.4 Å². The largest absolute Gasteiger partial charge is 0.182 e. The van der Waals surface area contributed by atoms with Gasteiger partial charge in [-0.25, -0.2) is 0 Å². The number of hydrogen-bond acceptors (Lipinski definition) is 2. The van der Waals surface area contributed by atoms with E-state index in [1.165, 1.54) is 0 Å². The molecule has 0 amide bonds. The fraction of sp³-hybridized carbons (Fsp3) is 0. The van der Waals surface area contributed by atoms with Crippen LogP contribution in [0.1, 0.15) is 11.1 Å². The molecular formula is C14H8ClNS. The van der Waals surface area contributed by atoms with Gasteiger partial charge in [0, 0.05) is 23.6 Å². The maximum Gasteiger partial charge on any atom is 0.0785 e. The first-order valence-electron chi connectivity index (χ1n) is 4.99. The minimum Gasteiger partial charge on any atom is -0.182 e. The molecule has 0 aliphatic rings. The molecule has 0 fully saturated rings. The third-order valence-electron chi connectivity index (χ3n) is 2.17. The Morgan fingerprint density at radius 3 is 2.41 bits per heavy atom. The van der Waals surface area contributed by atoms with Crippen LogP contribution in [0.3, 0.4) is 0 Å². The molecule has 0 aliphatic heterocycles. The average molecular weight is 258 g/mol. The molecule has 2 aromatic rings. The molecule has 0 saturated heterocycles. The Balaban J connectivity index is 2.31. The molecular weight excluding hydrogens is 250 g/mol. The van der Waals surface area contributed by atoms with Gasteiger partial charge in [-0.05, 0) is 30.3 Å². The number of rotatable bonds is 1. The fourth-order valence-electron chi connectivity index (χ4n) is 1.32. The van der Waals surface area contributed by atoms with Crippen LogP contribution in [0.15, 0.2) is 52.9 Å². The van der Waals surface area contributed by atoms with E-state index in [0.29, 0.717) is 10.7 Å². The summed E-state index contributed by atoms with van der Waals surface area (Å²) < 4.78 is 3.64. The van der Waals surface area contributed by atoms with E-state index in [1.54, 1.807) is 12.1 Å². The molecule has 0 aliphatic carbocycles. The average Bonchev–Trinajstić information content (AvgIpc) is 2.38. The van der Waals surface area contributed by atoms with E-state index >= 15 is 0 Å². The Morgan fingerprint density at radius 2 is 1.76 bits per heavy atom. The van der Waals surface area contributed by atoms with Crippen LogP contribution < -0.4 is 0 Å². The van der Waals surface area contributed by atoms with Crippen LogP contribution in [-0.2, 0) is 12.4 Å². The van der Waals surface area contributed by atoms with E-state index in [4.69, 9.17) is 11.6 Å². The first-order chi connectivity index (χ1) is 8.29. The van der Waals surface area contributed by atoms with Gasteiger partial charge in [-0.2, -0.15) is 4.36 Å². The van der Waals surface area contributed by atoms with Crippen molar-refractivity contribution in [1.82, 2.24) is 0 Å². The Kier molecular flexibility index (Phi) is 3.87. The molecule has 17 heavy (non-hydrogen) atoms. The van der Waals surface area contributed by atoms with E-state index in [2.05, 4.69) is 28.6 Å². The van der Waals surface area contributed by atoms with Crippen molar-refractivity contribution in [3.05, 3.63) is 64.7 Å². The first-order valence-corrected chi connectivity index (χ1v) is 5.74. The highest BCUT2D eigenvalue weighted by atomic mass is 35.5.